The van der Waals surface area contributed by atoms with Gasteiger partial charge >= 0.3 is 5.97 Å². The van der Waals surface area contributed by atoms with Crippen LogP contribution >= 0.6 is 0 Å². The van der Waals surface area contributed by atoms with Gasteiger partial charge in [-0.3, -0.25) is 4.79 Å². The van der Waals surface area contributed by atoms with Crippen molar-refractivity contribution in [2.75, 3.05) is 7.11 Å². The van der Waals surface area contributed by atoms with Crippen LogP contribution in [0.25, 0.3) is 0 Å². The summed E-state index contributed by atoms with van der Waals surface area (Å²) in [7, 11) is 1.41. The Labute approximate surface area is 120 Å². The zero-order chi connectivity index (χ0) is 14.5. The van der Waals surface area contributed by atoms with E-state index in [4.69, 9.17) is 10.5 Å². The highest BCUT2D eigenvalue weighted by molar-refractivity contribution is 5.77. The Hall–Kier alpha value is -1.35. The molecular formula is C17H23NO2. The first kappa shape index (κ1) is 13.6. The molecule has 1 aromatic carbocycles. The smallest absolute Gasteiger partial charge is 0.323 e. The van der Waals surface area contributed by atoms with Crippen molar-refractivity contribution in [1.29, 1.82) is 0 Å². The van der Waals surface area contributed by atoms with E-state index in [1.807, 2.05) is 0 Å². The lowest BCUT2D eigenvalue weighted by molar-refractivity contribution is -0.181. The Morgan fingerprint density at radius 1 is 1.20 bits per heavy atom. The zero-order valence-electron chi connectivity index (χ0n) is 12.5. The summed E-state index contributed by atoms with van der Waals surface area (Å²) < 4.78 is 4.78. The van der Waals surface area contributed by atoms with E-state index in [9.17, 15) is 4.79 Å². The molecule has 0 spiro atoms. The third-order valence-corrected chi connectivity index (χ3v) is 5.38. The van der Waals surface area contributed by atoms with Crippen LogP contribution in [0.1, 0.15) is 50.2 Å². The van der Waals surface area contributed by atoms with Crippen molar-refractivity contribution >= 4 is 5.97 Å². The van der Waals surface area contributed by atoms with Gasteiger partial charge in [0, 0.05) is 0 Å². The van der Waals surface area contributed by atoms with Gasteiger partial charge in [-0.1, -0.05) is 38.1 Å². The van der Waals surface area contributed by atoms with Crippen LogP contribution in [0, 0.1) is 5.41 Å². The van der Waals surface area contributed by atoms with Crippen LogP contribution in [0.2, 0.25) is 0 Å². The van der Waals surface area contributed by atoms with Crippen LogP contribution in [-0.4, -0.2) is 19.1 Å². The average Bonchev–Trinajstić information content (AvgIpc) is 2.35. The SMILES string of the molecule is COC(=O)C(N)C12CC(c3ccc(C(C)C)cc3)(C1)C2. The van der Waals surface area contributed by atoms with E-state index in [0.717, 1.165) is 19.3 Å². The van der Waals surface area contributed by atoms with E-state index < -0.39 is 6.04 Å². The van der Waals surface area contributed by atoms with Crippen LogP contribution in [-0.2, 0) is 14.9 Å². The molecular weight excluding hydrogens is 250 g/mol. The summed E-state index contributed by atoms with van der Waals surface area (Å²) in [6.45, 7) is 4.42. The molecule has 3 saturated carbocycles. The Kier molecular flexibility index (Phi) is 2.94. The van der Waals surface area contributed by atoms with Crippen molar-refractivity contribution in [3.05, 3.63) is 35.4 Å². The van der Waals surface area contributed by atoms with Crippen molar-refractivity contribution in [2.24, 2.45) is 11.1 Å². The fourth-order valence-electron chi connectivity index (χ4n) is 4.10. The number of esters is 1. The largest absolute Gasteiger partial charge is 0.468 e. The molecule has 0 saturated heterocycles. The van der Waals surface area contributed by atoms with Gasteiger partial charge in [-0.2, -0.15) is 0 Å². The molecule has 20 heavy (non-hydrogen) atoms. The summed E-state index contributed by atoms with van der Waals surface area (Å²) in [5.41, 5.74) is 9.09. The van der Waals surface area contributed by atoms with Crippen molar-refractivity contribution < 1.29 is 9.53 Å². The minimum Gasteiger partial charge on any atom is -0.468 e. The number of hydrogen-bond donors (Lipinski definition) is 1. The van der Waals surface area contributed by atoms with E-state index in [2.05, 4.69) is 38.1 Å². The van der Waals surface area contributed by atoms with Gasteiger partial charge in [0.1, 0.15) is 6.04 Å². The summed E-state index contributed by atoms with van der Waals surface area (Å²) in [5, 5.41) is 0. The van der Waals surface area contributed by atoms with Crippen molar-refractivity contribution in [3.63, 3.8) is 0 Å². The van der Waals surface area contributed by atoms with Gasteiger partial charge in [0.25, 0.3) is 0 Å². The van der Waals surface area contributed by atoms with Crippen molar-refractivity contribution in [2.45, 2.75) is 50.5 Å². The molecule has 2 N–H and O–H groups in total. The number of methoxy groups -OCH3 is 1. The third kappa shape index (κ3) is 1.72. The Morgan fingerprint density at radius 3 is 2.20 bits per heavy atom. The number of carbonyl (C=O) groups is 1. The molecule has 0 radical (unpaired) electrons. The van der Waals surface area contributed by atoms with Gasteiger partial charge in [0.15, 0.2) is 0 Å². The van der Waals surface area contributed by atoms with Crippen LogP contribution in [0.4, 0.5) is 0 Å². The van der Waals surface area contributed by atoms with Gasteiger partial charge in [0.2, 0.25) is 0 Å². The molecule has 3 aliphatic rings. The van der Waals surface area contributed by atoms with Gasteiger partial charge in [-0.05, 0) is 47.1 Å². The molecule has 3 heteroatoms. The standard InChI is InChI=1S/C17H23NO2/c1-11(2)12-4-6-13(7-5-12)16-8-17(9-16,10-16)14(18)15(19)20-3/h4-7,11,14H,8-10,18H2,1-3H3. The van der Waals surface area contributed by atoms with Crippen molar-refractivity contribution in [3.8, 4) is 0 Å². The summed E-state index contributed by atoms with van der Waals surface area (Å²) >= 11 is 0. The second-order valence-electron chi connectivity index (χ2n) is 6.95. The lowest BCUT2D eigenvalue weighted by Gasteiger charge is -2.72. The second-order valence-corrected chi connectivity index (χ2v) is 6.95. The minimum atomic E-state index is -0.454. The number of ether oxygens (including phenoxy) is 1. The van der Waals surface area contributed by atoms with E-state index in [-0.39, 0.29) is 16.8 Å². The number of rotatable bonds is 4. The normalized spacial score (nSPS) is 32.2. The summed E-state index contributed by atoms with van der Waals surface area (Å²) in [4.78, 5) is 11.6. The maximum Gasteiger partial charge on any atom is 0.323 e. The molecule has 1 unspecified atom stereocenters. The fourth-order valence-corrected chi connectivity index (χ4v) is 4.10. The molecule has 3 nitrogen and oxygen atoms in total. The van der Waals surface area contributed by atoms with Crippen LogP contribution in [0.3, 0.4) is 0 Å². The van der Waals surface area contributed by atoms with E-state index in [1.54, 1.807) is 0 Å². The Morgan fingerprint density at radius 2 is 1.75 bits per heavy atom. The maximum atomic E-state index is 11.6. The van der Waals surface area contributed by atoms with E-state index >= 15 is 0 Å². The number of benzene rings is 1. The van der Waals surface area contributed by atoms with Crippen LogP contribution < -0.4 is 5.73 Å². The first-order valence-corrected chi connectivity index (χ1v) is 7.36. The average molecular weight is 273 g/mol. The van der Waals surface area contributed by atoms with Gasteiger partial charge in [-0.15, -0.1) is 0 Å². The predicted molar refractivity (Wildman–Crippen MR) is 78.5 cm³/mol. The monoisotopic (exact) mass is 273 g/mol. The number of carbonyl (C=O) groups excluding carboxylic acids is 1. The molecule has 3 aliphatic carbocycles. The highest BCUT2D eigenvalue weighted by Crippen LogP contribution is 2.74. The summed E-state index contributed by atoms with van der Waals surface area (Å²) in [6, 6.07) is 8.51. The quantitative estimate of drug-likeness (QED) is 0.858. The summed E-state index contributed by atoms with van der Waals surface area (Å²) in [6.07, 6.45) is 3.08. The lowest BCUT2D eigenvalue weighted by Crippen LogP contribution is -2.72. The molecule has 0 heterocycles. The lowest BCUT2D eigenvalue weighted by atomic mass is 9.31. The van der Waals surface area contributed by atoms with Gasteiger partial charge in [-0.25, -0.2) is 0 Å². The first-order valence-electron chi connectivity index (χ1n) is 7.36. The highest BCUT2D eigenvalue weighted by Gasteiger charge is 2.71. The zero-order valence-corrected chi connectivity index (χ0v) is 12.5. The first-order chi connectivity index (χ1) is 9.42. The van der Waals surface area contributed by atoms with E-state index in [0.29, 0.717) is 5.92 Å². The van der Waals surface area contributed by atoms with Crippen LogP contribution in [0.15, 0.2) is 24.3 Å². The molecule has 2 bridgehead atoms. The Bertz CT molecular complexity index is 513. The molecule has 0 aromatic heterocycles. The number of hydrogen-bond acceptors (Lipinski definition) is 3. The summed E-state index contributed by atoms with van der Waals surface area (Å²) in [5.74, 6) is 0.296. The third-order valence-electron chi connectivity index (χ3n) is 5.38. The molecule has 4 rings (SSSR count). The number of nitrogens with two attached hydrogens (primary N) is 1. The molecule has 1 aromatic rings. The van der Waals surface area contributed by atoms with Gasteiger partial charge in [0.05, 0.1) is 7.11 Å². The van der Waals surface area contributed by atoms with E-state index in [1.165, 1.54) is 18.2 Å². The molecule has 0 aliphatic heterocycles. The second kappa shape index (κ2) is 4.32. The highest BCUT2D eigenvalue weighted by atomic mass is 16.5. The Balaban J connectivity index is 1.70. The molecule has 0 amide bonds. The topological polar surface area (TPSA) is 52.3 Å². The van der Waals surface area contributed by atoms with Crippen molar-refractivity contribution in [1.82, 2.24) is 0 Å². The maximum absolute atomic E-state index is 11.6. The molecule has 1 atom stereocenters. The van der Waals surface area contributed by atoms with Gasteiger partial charge < -0.3 is 10.5 Å². The molecule has 108 valence electrons. The molecule has 3 fully saturated rings. The predicted octanol–water partition coefficient (Wildman–Crippen LogP) is 2.73. The fraction of sp³-hybridized carbons (Fsp3) is 0.588. The minimum absolute atomic E-state index is 0.00378. The van der Waals surface area contributed by atoms with Crippen LogP contribution in [0.5, 0.6) is 0 Å².